The lowest BCUT2D eigenvalue weighted by molar-refractivity contribution is 0.109. The van der Waals surface area contributed by atoms with E-state index in [9.17, 15) is 4.79 Å². The monoisotopic (exact) mass is 200 g/mol. The van der Waals surface area contributed by atoms with E-state index in [0.29, 0.717) is 12.0 Å². The number of rotatable bonds is 6. The third-order valence-electron chi connectivity index (χ3n) is 1.47. The van der Waals surface area contributed by atoms with Crippen molar-refractivity contribution in [2.45, 2.75) is 5.75 Å². The Morgan fingerprint density at radius 2 is 2.46 bits per heavy atom. The minimum absolute atomic E-state index is 0.391. The minimum atomic E-state index is 0.391. The fraction of sp³-hybridized carbons (Fsp3) is 0.444. The van der Waals surface area contributed by atoms with Crippen LogP contribution in [0.4, 0.5) is 0 Å². The molecule has 0 spiro atoms. The van der Waals surface area contributed by atoms with Gasteiger partial charge in [0.25, 0.3) is 0 Å². The van der Waals surface area contributed by atoms with Crippen LogP contribution in [0.25, 0.3) is 0 Å². The van der Waals surface area contributed by atoms with Gasteiger partial charge in [-0.05, 0) is 12.1 Å². The van der Waals surface area contributed by atoms with Crippen LogP contribution in [0.5, 0.6) is 0 Å². The summed E-state index contributed by atoms with van der Waals surface area (Å²) in [6, 6.07) is 3.50. The average Bonchev–Trinajstić information content (AvgIpc) is 2.60. The number of furan rings is 1. The Labute approximate surface area is 81.4 Å². The zero-order valence-electron chi connectivity index (χ0n) is 7.49. The first-order valence-electron chi connectivity index (χ1n) is 3.97. The molecule has 13 heavy (non-hydrogen) atoms. The highest BCUT2D eigenvalue weighted by atomic mass is 32.2. The second-order valence-corrected chi connectivity index (χ2v) is 3.57. The molecule has 0 aliphatic rings. The number of aldehydes is 1. The molecular formula is C9H12O3S. The van der Waals surface area contributed by atoms with Gasteiger partial charge in [0.2, 0.25) is 0 Å². The number of carbonyl (C=O) groups is 1. The largest absolute Gasteiger partial charge is 0.457 e. The maximum Gasteiger partial charge on any atom is 0.185 e. The van der Waals surface area contributed by atoms with E-state index in [1.54, 1.807) is 24.9 Å². The Hall–Kier alpha value is -0.740. The fourth-order valence-corrected chi connectivity index (χ4v) is 1.64. The highest BCUT2D eigenvalue weighted by Crippen LogP contribution is 2.14. The standard InChI is InChI=1S/C9H12O3S/c1-11-4-5-13-7-9-3-2-8(6-10)12-9/h2-3,6H,4-5,7H2,1H3. The van der Waals surface area contributed by atoms with Crippen LogP contribution in [-0.2, 0) is 10.5 Å². The van der Waals surface area contributed by atoms with E-state index in [1.165, 1.54) is 0 Å². The van der Waals surface area contributed by atoms with Gasteiger partial charge in [-0.3, -0.25) is 4.79 Å². The van der Waals surface area contributed by atoms with E-state index in [2.05, 4.69) is 0 Å². The van der Waals surface area contributed by atoms with Gasteiger partial charge in [0.1, 0.15) is 5.76 Å². The third-order valence-corrected chi connectivity index (χ3v) is 2.42. The van der Waals surface area contributed by atoms with Crippen molar-refractivity contribution in [2.24, 2.45) is 0 Å². The van der Waals surface area contributed by atoms with Crippen molar-refractivity contribution in [3.8, 4) is 0 Å². The molecular weight excluding hydrogens is 188 g/mol. The Bertz CT molecular complexity index is 257. The van der Waals surface area contributed by atoms with Crippen LogP contribution in [0.3, 0.4) is 0 Å². The van der Waals surface area contributed by atoms with Gasteiger partial charge < -0.3 is 9.15 Å². The molecule has 0 amide bonds. The van der Waals surface area contributed by atoms with Crippen LogP contribution in [-0.4, -0.2) is 25.8 Å². The van der Waals surface area contributed by atoms with Crippen molar-refractivity contribution < 1.29 is 13.9 Å². The molecule has 1 rings (SSSR count). The van der Waals surface area contributed by atoms with Crippen molar-refractivity contribution in [3.63, 3.8) is 0 Å². The predicted octanol–water partition coefficient (Wildman–Crippen LogP) is 1.97. The molecule has 4 heteroatoms. The molecule has 0 N–H and O–H groups in total. The predicted molar refractivity (Wildman–Crippen MR) is 52.1 cm³/mol. The Kier molecular flexibility index (Phi) is 4.64. The van der Waals surface area contributed by atoms with Crippen molar-refractivity contribution >= 4 is 18.0 Å². The molecule has 0 unspecified atom stereocenters. The molecule has 0 aliphatic heterocycles. The van der Waals surface area contributed by atoms with Crippen molar-refractivity contribution in [2.75, 3.05) is 19.5 Å². The van der Waals surface area contributed by atoms with E-state index in [0.717, 1.165) is 23.9 Å². The number of carbonyl (C=O) groups excluding carboxylic acids is 1. The quantitative estimate of drug-likeness (QED) is 0.520. The molecule has 0 aliphatic carbocycles. The molecule has 1 aromatic rings. The molecule has 0 atom stereocenters. The van der Waals surface area contributed by atoms with Crippen LogP contribution in [0.2, 0.25) is 0 Å². The molecule has 72 valence electrons. The maximum absolute atomic E-state index is 10.3. The lowest BCUT2D eigenvalue weighted by Gasteiger charge is -1.97. The molecule has 0 bridgehead atoms. The SMILES string of the molecule is COCCSCc1ccc(C=O)o1. The first-order chi connectivity index (χ1) is 6.36. The van der Waals surface area contributed by atoms with E-state index in [1.807, 2.05) is 6.07 Å². The average molecular weight is 200 g/mol. The number of methoxy groups -OCH3 is 1. The topological polar surface area (TPSA) is 39.4 Å². The minimum Gasteiger partial charge on any atom is -0.457 e. The van der Waals surface area contributed by atoms with Crippen LogP contribution in [0, 0.1) is 0 Å². The van der Waals surface area contributed by atoms with E-state index < -0.39 is 0 Å². The zero-order valence-corrected chi connectivity index (χ0v) is 8.30. The van der Waals surface area contributed by atoms with Gasteiger partial charge in [0, 0.05) is 12.9 Å². The summed E-state index contributed by atoms with van der Waals surface area (Å²) in [7, 11) is 1.68. The summed E-state index contributed by atoms with van der Waals surface area (Å²) in [5.74, 6) is 2.95. The van der Waals surface area contributed by atoms with Crippen LogP contribution in [0.1, 0.15) is 16.3 Å². The number of thioether (sulfide) groups is 1. The first-order valence-corrected chi connectivity index (χ1v) is 5.13. The van der Waals surface area contributed by atoms with E-state index >= 15 is 0 Å². The lowest BCUT2D eigenvalue weighted by Crippen LogP contribution is -1.91. The van der Waals surface area contributed by atoms with Crippen molar-refractivity contribution in [1.29, 1.82) is 0 Å². The van der Waals surface area contributed by atoms with Gasteiger partial charge in [0.15, 0.2) is 12.0 Å². The maximum atomic E-state index is 10.3. The van der Waals surface area contributed by atoms with E-state index in [4.69, 9.17) is 9.15 Å². The summed E-state index contributed by atoms with van der Waals surface area (Å²) in [4.78, 5) is 10.3. The summed E-state index contributed by atoms with van der Waals surface area (Å²) in [6.07, 6.45) is 0.712. The van der Waals surface area contributed by atoms with Gasteiger partial charge in [-0.1, -0.05) is 0 Å². The molecule has 1 aromatic heterocycles. The summed E-state index contributed by atoms with van der Waals surface area (Å²) in [6.45, 7) is 0.742. The van der Waals surface area contributed by atoms with Crippen molar-refractivity contribution in [1.82, 2.24) is 0 Å². The number of hydrogen-bond acceptors (Lipinski definition) is 4. The third kappa shape index (κ3) is 3.65. The molecule has 0 radical (unpaired) electrons. The van der Waals surface area contributed by atoms with Gasteiger partial charge in [-0.2, -0.15) is 11.8 Å². The molecule has 0 saturated heterocycles. The molecule has 0 fully saturated rings. The van der Waals surface area contributed by atoms with Crippen LogP contribution < -0.4 is 0 Å². The lowest BCUT2D eigenvalue weighted by atomic mass is 10.4. The van der Waals surface area contributed by atoms with Crippen LogP contribution >= 0.6 is 11.8 Å². The zero-order chi connectivity index (χ0) is 9.52. The second-order valence-electron chi connectivity index (χ2n) is 2.47. The molecule has 1 heterocycles. The van der Waals surface area contributed by atoms with Gasteiger partial charge in [0.05, 0.1) is 12.4 Å². The van der Waals surface area contributed by atoms with Crippen molar-refractivity contribution in [3.05, 3.63) is 23.7 Å². The van der Waals surface area contributed by atoms with Crippen LogP contribution in [0.15, 0.2) is 16.5 Å². The number of ether oxygens (including phenoxy) is 1. The smallest absolute Gasteiger partial charge is 0.185 e. The molecule has 3 nitrogen and oxygen atoms in total. The second kappa shape index (κ2) is 5.83. The Morgan fingerprint density at radius 3 is 3.08 bits per heavy atom. The van der Waals surface area contributed by atoms with E-state index in [-0.39, 0.29) is 0 Å². The Balaban J connectivity index is 2.24. The molecule has 0 saturated carbocycles. The number of hydrogen-bond donors (Lipinski definition) is 0. The summed E-state index contributed by atoms with van der Waals surface area (Å²) >= 11 is 1.72. The van der Waals surface area contributed by atoms with Gasteiger partial charge in [-0.15, -0.1) is 0 Å². The normalized spacial score (nSPS) is 10.2. The fourth-order valence-electron chi connectivity index (χ4n) is 0.850. The highest BCUT2D eigenvalue weighted by Gasteiger charge is 2.00. The van der Waals surface area contributed by atoms with Gasteiger partial charge >= 0.3 is 0 Å². The molecule has 0 aromatic carbocycles. The highest BCUT2D eigenvalue weighted by molar-refractivity contribution is 7.98. The summed E-state index contributed by atoms with van der Waals surface area (Å²) < 4.78 is 10.1. The summed E-state index contributed by atoms with van der Waals surface area (Å²) in [5.41, 5.74) is 0. The first kappa shape index (κ1) is 10.3. The Morgan fingerprint density at radius 1 is 1.62 bits per heavy atom. The van der Waals surface area contributed by atoms with Gasteiger partial charge in [-0.25, -0.2) is 0 Å². The summed E-state index contributed by atoms with van der Waals surface area (Å²) in [5, 5.41) is 0.